The normalized spacial score (nSPS) is 11.1. The second-order valence-corrected chi connectivity index (χ2v) is 6.33. The van der Waals surface area contributed by atoms with E-state index in [1.165, 1.54) is 11.3 Å². The quantitative estimate of drug-likeness (QED) is 0.768. The molecular weight excluding hydrogens is 242 g/mol. The zero-order valence-electron chi connectivity index (χ0n) is 8.60. The zero-order valence-corrected chi connectivity index (χ0v) is 10.2. The largest absolute Gasteiger partial charge is 0.225 e. The fourth-order valence-electron chi connectivity index (χ4n) is 1.21. The molecule has 3 nitrogen and oxygen atoms in total. The van der Waals surface area contributed by atoms with Crippen LogP contribution in [0.1, 0.15) is 6.92 Å². The first-order chi connectivity index (χ1) is 7.63. The Morgan fingerprint density at radius 1 is 1.38 bits per heavy atom. The maximum absolute atomic E-state index is 11.8. The van der Waals surface area contributed by atoms with E-state index in [2.05, 4.69) is 16.8 Å². The van der Waals surface area contributed by atoms with E-state index in [9.17, 15) is 8.42 Å². The van der Waals surface area contributed by atoms with E-state index in [1.807, 2.05) is 18.2 Å². The summed E-state index contributed by atoms with van der Waals surface area (Å²) in [5.41, 5.74) is 0.718. The van der Waals surface area contributed by atoms with E-state index < -0.39 is 9.84 Å². The summed E-state index contributed by atoms with van der Waals surface area (Å²) in [6, 6.07) is 7.36. The Morgan fingerprint density at radius 2 is 2.12 bits per heavy atom. The molecule has 0 saturated heterocycles. The minimum atomic E-state index is -3.35. The molecule has 2 rings (SSSR count). The predicted octanol–water partition coefficient (Wildman–Crippen LogP) is 2.09. The highest BCUT2D eigenvalue weighted by Crippen LogP contribution is 2.25. The summed E-state index contributed by atoms with van der Waals surface area (Å²) in [6.45, 7) is 1.62. The van der Waals surface area contributed by atoms with Gasteiger partial charge in [0, 0.05) is 0 Å². The number of hydrogen-bond donors (Lipinski definition) is 0. The number of para-hydroxylation sites is 1. The molecule has 1 heterocycles. The molecule has 0 N–H and O–H groups in total. The van der Waals surface area contributed by atoms with Crippen LogP contribution >= 0.6 is 11.3 Å². The van der Waals surface area contributed by atoms with Crippen LogP contribution in [0.5, 0.6) is 0 Å². The van der Waals surface area contributed by atoms with Crippen molar-refractivity contribution in [2.75, 3.05) is 5.75 Å². The van der Waals surface area contributed by atoms with Gasteiger partial charge in [0.2, 0.25) is 14.2 Å². The number of fused-ring (bicyclic) bond motifs is 1. The van der Waals surface area contributed by atoms with Crippen molar-refractivity contribution in [3.63, 3.8) is 0 Å². The number of rotatable bonds is 2. The lowest BCUT2D eigenvalue weighted by Gasteiger charge is -1.91. The van der Waals surface area contributed by atoms with E-state index >= 15 is 0 Å². The molecule has 0 aliphatic carbocycles. The second-order valence-electron chi connectivity index (χ2n) is 3.13. The molecular formula is C11H9NO2S2. The van der Waals surface area contributed by atoms with Crippen molar-refractivity contribution in [3.05, 3.63) is 24.3 Å². The minimum absolute atomic E-state index is 0.149. The lowest BCUT2D eigenvalue weighted by Crippen LogP contribution is -2.04. The lowest BCUT2D eigenvalue weighted by atomic mass is 10.3. The van der Waals surface area contributed by atoms with Gasteiger partial charge in [-0.2, -0.15) is 0 Å². The van der Waals surface area contributed by atoms with Crippen molar-refractivity contribution in [1.82, 2.24) is 4.98 Å². The van der Waals surface area contributed by atoms with E-state index in [1.54, 1.807) is 13.0 Å². The first-order valence-corrected chi connectivity index (χ1v) is 7.08. The smallest absolute Gasteiger partial charge is 0.216 e. The zero-order chi connectivity index (χ0) is 11.6. The molecule has 0 aliphatic heterocycles. The summed E-state index contributed by atoms with van der Waals surface area (Å²) >= 11 is 1.19. The Balaban J connectivity index is 2.50. The van der Waals surface area contributed by atoms with Crippen LogP contribution in [0.2, 0.25) is 0 Å². The third-order valence-electron chi connectivity index (χ3n) is 1.98. The van der Waals surface area contributed by atoms with Crippen molar-refractivity contribution in [2.24, 2.45) is 0 Å². The number of hydrogen-bond acceptors (Lipinski definition) is 4. The van der Waals surface area contributed by atoms with Crippen molar-refractivity contribution in [1.29, 1.82) is 0 Å². The second kappa shape index (κ2) is 4.24. The monoisotopic (exact) mass is 251 g/mol. The van der Waals surface area contributed by atoms with Crippen LogP contribution in [-0.2, 0) is 9.84 Å². The Kier molecular flexibility index (Phi) is 2.95. The molecule has 0 unspecified atom stereocenters. The van der Waals surface area contributed by atoms with Crippen LogP contribution in [-0.4, -0.2) is 19.2 Å². The van der Waals surface area contributed by atoms with Gasteiger partial charge in [0.15, 0.2) is 0 Å². The molecule has 16 heavy (non-hydrogen) atoms. The molecule has 0 atom stereocenters. The van der Waals surface area contributed by atoms with Gasteiger partial charge in [0.25, 0.3) is 0 Å². The highest BCUT2D eigenvalue weighted by atomic mass is 32.2. The number of aromatic nitrogens is 1. The summed E-state index contributed by atoms with van der Waals surface area (Å²) in [5.74, 6) is 4.97. The summed E-state index contributed by atoms with van der Waals surface area (Å²) in [6.07, 6.45) is 0. The lowest BCUT2D eigenvalue weighted by molar-refractivity contribution is 0.599. The first-order valence-electron chi connectivity index (χ1n) is 4.61. The molecule has 82 valence electrons. The maximum Gasteiger partial charge on any atom is 0.216 e. The third-order valence-corrected chi connectivity index (χ3v) is 4.97. The Labute approximate surface area is 98.1 Å². The van der Waals surface area contributed by atoms with Gasteiger partial charge in [-0.25, -0.2) is 13.4 Å². The third kappa shape index (κ3) is 2.08. The van der Waals surface area contributed by atoms with Gasteiger partial charge in [0.05, 0.1) is 10.2 Å². The molecule has 0 saturated carbocycles. The molecule has 1 aromatic carbocycles. The van der Waals surface area contributed by atoms with Crippen molar-refractivity contribution in [3.8, 4) is 11.8 Å². The van der Waals surface area contributed by atoms with Crippen LogP contribution in [0, 0.1) is 11.8 Å². The van der Waals surface area contributed by atoms with Crippen LogP contribution in [0.4, 0.5) is 0 Å². The molecule has 2 aromatic rings. The van der Waals surface area contributed by atoms with Crippen LogP contribution in [0.25, 0.3) is 10.2 Å². The highest BCUT2D eigenvalue weighted by Gasteiger charge is 2.18. The Morgan fingerprint density at radius 3 is 2.81 bits per heavy atom. The van der Waals surface area contributed by atoms with Crippen LogP contribution in [0.15, 0.2) is 28.6 Å². The first kappa shape index (κ1) is 11.1. The van der Waals surface area contributed by atoms with Gasteiger partial charge in [-0.1, -0.05) is 18.1 Å². The van der Waals surface area contributed by atoms with Gasteiger partial charge in [0.1, 0.15) is 5.75 Å². The van der Waals surface area contributed by atoms with E-state index in [0.717, 1.165) is 10.2 Å². The molecule has 0 bridgehead atoms. The summed E-state index contributed by atoms with van der Waals surface area (Å²) < 4.78 is 24.6. The average molecular weight is 251 g/mol. The van der Waals surface area contributed by atoms with Gasteiger partial charge in [-0.05, 0) is 19.1 Å². The molecule has 0 radical (unpaired) electrons. The van der Waals surface area contributed by atoms with Crippen molar-refractivity contribution >= 4 is 31.4 Å². The van der Waals surface area contributed by atoms with E-state index in [0.29, 0.717) is 0 Å². The molecule has 0 amide bonds. The van der Waals surface area contributed by atoms with Gasteiger partial charge in [-0.3, -0.25) is 0 Å². The fraction of sp³-hybridized carbons (Fsp3) is 0.182. The Bertz CT molecular complexity index is 642. The van der Waals surface area contributed by atoms with Crippen LogP contribution < -0.4 is 0 Å². The standard InChI is InChI=1S/C11H9NO2S2/c1-2-3-8-16(13,14)11-12-9-6-4-5-7-10(9)15-11/h4-7H,8H2,1H3. The van der Waals surface area contributed by atoms with Gasteiger partial charge < -0.3 is 0 Å². The molecule has 0 spiro atoms. The minimum Gasteiger partial charge on any atom is -0.225 e. The fourth-order valence-corrected chi connectivity index (χ4v) is 3.56. The molecule has 5 heteroatoms. The summed E-state index contributed by atoms with van der Waals surface area (Å²) in [4.78, 5) is 4.10. The number of sulfone groups is 1. The summed E-state index contributed by atoms with van der Waals surface area (Å²) in [5, 5.41) is 0. The number of thiazole rings is 1. The summed E-state index contributed by atoms with van der Waals surface area (Å²) in [7, 11) is -3.35. The molecule has 0 fully saturated rings. The molecule has 1 aromatic heterocycles. The van der Waals surface area contributed by atoms with Crippen molar-refractivity contribution in [2.45, 2.75) is 11.3 Å². The van der Waals surface area contributed by atoms with E-state index in [4.69, 9.17) is 0 Å². The van der Waals surface area contributed by atoms with Crippen LogP contribution in [0.3, 0.4) is 0 Å². The topological polar surface area (TPSA) is 47.0 Å². The van der Waals surface area contributed by atoms with E-state index in [-0.39, 0.29) is 10.1 Å². The Hall–Kier alpha value is -1.38. The predicted molar refractivity (Wildman–Crippen MR) is 65.1 cm³/mol. The average Bonchev–Trinajstić information content (AvgIpc) is 2.71. The number of benzene rings is 1. The van der Waals surface area contributed by atoms with Gasteiger partial charge >= 0.3 is 0 Å². The van der Waals surface area contributed by atoms with Crippen molar-refractivity contribution < 1.29 is 8.42 Å². The maximum atomic E-state index is 11.8. The van der Waals surface area contributed by atoms with Gasteiger partial charge in [-0.15, -0.1) is 17.3 Å². The highest BCUT2D eigenvalue weighted by molar-refractivity contribution is 7.93. The number of nitrogens with zero attached hydrogens (tertiary/aromatic N) is 1. The SMILES string of the molecule is CC#CCS(=O)(=O)c1nc2ccccc2s1. The molecule has 0 aliphatic rings.